The Morgan fingerprint density at radius 3 is 2.50 bits per heavy atom. The van der Waals surface area contributed by atoms with Crippen molar-refractivity contribution in [1.29, 1.82) is 0 Å². The lowest BCUT2D eigenvalue weighted by atomic mass is 10.2. The largest absolute Gasteiger partial charge is 0.478 e. The van der Waals surface area contributed by atoms with Gasteiger partial charge in [0.2, 0.25) is 0 Å². The molecule has 104 valence electrons. The summed E-state index contributed by atoms with van der Waals surface area (Å²) >= 11 is 11.7. The fraction of sp³-hybridized carbons (Fsp3) is 0.0769. The van der Waals surface area contributed by atoms with Crippen LogP contribution < -0.4 is 0 Å². The molecule has 0 bridgehead atoms. The molecule has 2 rings (SSSR count). The summed E-state index contributed by atoms with van der Waals surface area (Å²) in [5, 5.41) is 9.50. The predicted molar refractivity (Wildman–Crippen MR) is 77.8 cm³/mol. The number of aromatic nitrogens is 1. The molecule has 4 nitrogen and oxygen atoms in total. The van der Waals surface area contributed by atoms with Crippen molar-refractivity contribution < 1.29 is 14.1 Å². The van der Waals surface area contributed by atoms with Gasteiger partial charge < -0.3 is 5.11 Å². The molecular formula is C13H9Cl2NO3S. The summed E-state index contributed by atoms with van der Waals surface area (Å²) in [6.45, 7) is 0. The van der Waals surface area contributed by atoms with Gasteiger partial charge >= 0.3 is 5.97 Å². The summed E-state index contributed by atoms with van der Waals surface area (Å²) in [5.41, 5.74) is 0.633. The Labute approximate surface area is 127 Å². The van der Waals surface area contributed by atoms with Gasteiger partial charge in [-0.1, -0.05) is 23.2 Å². The topological polar surface area (TPSA) is 67.3 Å². The Morgan fingerprint density at radius 1 is 1.20 bits per heavy atom. The average Bonchev–Trinajstić information content (AvgIpc) is 2.42. The third-order valence-electron chi connectivity index (χ3n) is 2.50. The molecule has 1 heterocycles. The summed E-state index contributed by atoms with van der Waals surface area (Å²) in [6, 6.07) is 7.73. The Balaban J connectivity index is 2.14. The first kappa shape index (κ1) is 15.0. The van der Waals surface area contributed by atoms with Crippen LogP contribution in [0, 0.1) is 0 Å². The van der Waals surface area contributed by atoms with Crippen LogP contribution in [0.5, 0.6) is 0 Å². The molecule has 20 heavy (non-hydrogen) atoms. The second kappa shape index (κ2) is 6.35. The van der Waals surface area contributed by atoms with Crippen LogP contribution in [0.1, 0.15) is 16.1 Å². The van der Waals surface area contributed by atoms with Crippen molar-refractivity contribution in [1.82, 2.24) is 4.98 Å². The van der Waals surface area contributed by atoms with E-state index < -0.39 is 16.8 Å². The highest BCUT2D eigenvalue weighted by Crippen LogP contribution is 2.24. The van der Waals surface area contributed by atoms with Crippen LogP contribution in [-0.2, 0) is 16.6 Å². The minimum atomic E-state index is -1.32. The number of hydrogen-bond donors (Lipinski definition) is 1. The summed E-state index contributed by atoms with van der Waals surface area (Å²) in [7, 11) is -1.32. The number of carboxylic acids is 1. The zero-order valence-electron chi connectivity index (χ0n) is 10.0. The van der Waals surface area contributed by atoms with Crippen LogP contribution in [0.3, 0.4) is 0 Å². The Morgan fingerprint density at radius 2 is 1.95 bits per heavy atom. The van der Waals surface area contributed by atoms with E-state index in [4.69, 9.17) is 28.3 Å². The molecule has 7 heteroatoms. The molecule has 0 aliphatic heterocycles. The normalized spacial score (nSPS) is 12.1. The fourth-order valence-electron chi connectivity index (χ4n) is 1.47. The lowest BCUT2D eigenvalue weighted by molar-refractivity contribution is 0.0696. The quantitative estimate of drug-likeness (QED) is 0.933. The van der Waals surface area contributed by atoms with Crippen molar-refractivity contribution in [2.24, 2.45) is 0 Å². The molecule has 1 N–H and O–H groups in total. The first-order chi connectivity index (χ1) is 9.47. The van der Waals surface area contributed by atoms with E-state index in [1.807, 2.05) is 0 Å². The van der Waals surface area contributed by atoms with Crippen molar-refractivity contribution in [3.05, 3.63) is 57.8 Å². The van der Waals surface area contributed by atoms with Gasteiger partial charge in [0, 0.05) is 11.1 Å². The van der Waals surface area contributed by atoms with Crippen molar-refractivity contribution in [2.45, 2.75) is 10.6 Å². The number of pyridine rings is 1. The molecule has 1 unspecified atom stereocenters. The molecule has 0 spiro atoms. The average molecular weight is 330 g/mol. The monoisotopic (exact) mass is 329 g/mol. The van der Waals surface area contributed by atoms with Gasteiger partial charge in [-0.3, -0.25) is 9.19 Å². The summed E-state index contributed by atoms with van der Waals surface area (Å²) in [6.07, 6.45) is 1.24. The molecular weight excluding hydrogens is 321 g/mol. The second-order valence-corrected chi connectivity index (χ2v) is 6.17. The molecule has 0 amide bonds. The number of rotatable bonds is 4. The number of nitrogens with zero attached hydrogens (tertiary/aromatic N) is 1. The van der Waals surface area contributed by atoms with Crippen LogP contribution in [0.2, 0.25) is 10.0 Å². The first-order valence-electron chi connectivity index (χ1n) is 5.49. The van der Waals surface area contributed by atoms with E-state index in [2.05, 4.69) is 4.98 Å². The Hall–Kier alpha value is -1.43. The van der Waals surface area contributed by atoms with Crippen LogP contribution in [0.25, 0.3) is 0 Å². The lowest BCUT2D eigenvalue weighted by Crippen LogP contribution is -2.02. The standard InChI is InChI=1S/C13H9Cl2NO3S/c14-11-4-3-10(5-12(11)15)20(19)7-9-2-1-8(6-16-9)13(17)18/h1-6H,7H2,(H,17,18). The fourth-order valence-corrected chi connectivity index (χ4v) is 2.91. The SMILES string of the molecule is O=C(O)c1ccc(CS(=O)c2ccc(Cl)c(Cl)c2)nc1. The lowest BCUT2D eigenvalue weighted by Gasteiger charge is -2.04. The van der Waals surface area contributed by atoms with Crippen molar-refractivity contribution >= 4 is 40.0 Å². The summed E-state index contributed by atoms with van der Waals surface area (Å²) in [4.78, 5) is 15.2. The molecule has 0 saturated heterocycles. The number of carboxylic acid groups (broad SMARTS) is 1. The molecule has 0 aliphatic rings. The highest BCUT2D eigenvalue weighted by atomic mass is 35.5. The first-order valence-corrected chi connectivity index (χ1v) is 7.56. The maximum Gasteiger partial charge on any atom is 0.337 e. The van der Waals surface area contributed by atoms with Crippen LogP contribution >= 0.6 is 23.2 Å². The van der Waals surface area contributed by atoms with Gasteiger partial charge in [0.1, 0.15) is 0 Å². The van der Waals surface area contributed by atoms with Crippen molar-refractivity contribution in [3.63, 3.8) is 0 Å². The van der Waals surface area contributed by atoms with Gasteiger partial charge in [-0.15, -0.1) is 0 Å². The molecule has 1 aromatic heterocycles. The zero-order valence-corrected chi connectivity index (χ0v) is 12.4. The van der Waals surface area contributed by atoms with Crippen molar-refractivity contribution in [2.75, 3.05) is 0 Å². The van der Waals surface area contributed by atoms with E-state index in [0.717, 1.165) is 0 Å². The molecule has 1 atom stereocenters. The van der Waals surface area contributed by atoms with Gasteiger partial charge in [0.05, 0.1) is 37.9 Å². The maximum atomic E-state index is 12.1. The molecule has 0 radical (unpaired) electrons. The van der Waals surface area contributed by atoms with Gasteiger partial charge in [-0.05, 0) is 30.3 Å². The molecule has 2 aromatic rings. The van der Waals surface area contributed by atoms with Gasteiger partial charge in [0.25, 0.3) is 0 Å². The van der Waals surface area contributed by atoms with E-state index >= 15 is 0 Å². The second-order valence-electron chi connectivity index (χ2n) is 3.91. The zero-order chi connectivity index (χ0) is 14.7. The van der Waals surface area contributed by atoms with Gasteiger partial charge in [-0.2, -0.15) is 0 Å². The summed E-state index contributed by atoms with van der Waals surface area (Å²) in [5.74, 6) is -0.868. The third kappa shape index (κ3) is 3.56. The minimum absolute atomic E-state index is 0.0917. The van der Waals surface area contributed by atoms with E-state index in [1.165, 1.54) is 12.3 Å². The molecule has 0 fully saturated rings. The minimum Gasteiger partial charge on any atom is -0.478 e. The van der Waals surface area contributed by atoms with E-state index in [1.54, 1.807) is 24.3 Å². The number of carbonyl (C=O) groups is 1. The van der Waals surface area contributed by atoms with Gasteiger partial charge in [0.15, 0.2) is 0 Å². The molecule has 0 saturated carbocycles. The van der Waals surface area contributed by atoms with Gasteiger partial charge in [-0.25, -0.2) is 4.79 Å². The number of halogens is 2. The third-order valence-corrected chi connectivity index (χ3v) is 4.58. The highest BCUT2D eigenvalue weighted by molar-refractivity contribution is 7.84. The number of aromatic carboxylic acids is 1. The molecule has 0 aliphatic carbocycles. The van der Waals surface area contributed by atoms with E-state index in [-0.39, 0.29) is 11.3 Å². The number of hydrogen-bond acceptors (Lipinski definition) is 3. The Bertz CT molecular complexity index is 674. The smallest absolute Gasteiger partial charge is 0.337 e. The van der Waals surface area contributed by atoms with Crippen LogP contribution in [0.15, 0.2) is 41.4 Å². The highest BCUT2D eigenvalue weighted by Gasteiger charge is 2.09. The maximum absolute atomic E-state index is 12.1. The van der Waals surface area contributed by atoms with E-state index in [9.17, 15) is 9.00 Å². The van der Waals surface area contributed by atoms with Crippen LogP contribution in [-0.4, -0.2) is 20.3 Å². The Kier molecular flexibility index (Phi) is 4.75. The van der Waals surface area contributed by atoms with Crippen molar-refractivity contribution in [3.8, 4) is 0 Å². The number of benzene rings is 1. The van der Waals surface area contributed by atoms with Crippen LogP contribution in [0.4, 0.5) is 0 Å². The van der Waals surface area contributed by atoms with E-state index in [0.29, 0.717) is 20.6 Å². The summed E-state index contributed by atoms with van der Waals surface area (Å²) < 4.78 is 12.1. The predicted octanol–water partition coefficient (Wildman–Crippen LogP) is 3.39. The molecule has 1 aromatic carbocycles.